The lowest BCUT2D eigenvalue weighted by Gasteiger charge is -2.35. The van der Waals surface area contributed by atoms with Crippen LogP contribution in [0.4, 0.5) is 5.69 Å². The number of β-amino-alcohol motifs (C(OH)–C–C–N with tert-alkyl or cyclic N) is 1. The molecular formula is C53H67N11O6S. The number of benzene rings is 3. The van der Waals surface area contributed by atoms with Gasteiger partial charge in [-0.3, -0.25) is 33.6 Å². The van der Waals surface area contributed by atoms with Crippen LogP contribution >= 0.6 is 11.3 Å². The number of carbonyl (C=O) groups excluding carboxylic acids is 5. The van der Waals surface area contributed by atoms with Crippen LogP contribution in [0, 0.1) is 18.3 Å². The van der Waals surface area contributed by atoms with E-state index in [0.29, 0.717) is 43.1 Å². The number of rotatable bonds is 20. The topological polar surface area (TPSA) is 220 Å². The molecule has 18 heteroatoms. The molecule has 2 saturated heterocycles. The molecular weight excluding hydrogens is 919 g/mol. The first-order valence-corrected chi connectivity index (χ1v) is 25.7. The second-order valence-electron chi connectivity index (χ2n) is 20.3. The molecule has 6 N–H and O–H groups in total. The number of likely N-dealkylation sites (tertiary alicyclic amines) is 2. The molecule has 1 unspecified atom stereocenters. The summed E-state index contributed by atoms with van der Waals surface area (Å²) in [7, 11) is 1.87. The summed E-state index contributed by atoms with van der Waals surface area (Å²) in [5, 5.41) is 27.7. The average Bonchev–Trinajstić information content (AvgIpc) is 4.20. The Balaban J connectivity index is 0.692. The van der Waals surface area contributed by atoms with E-state index in [2.05, 4.69) is 41.2 Å². The van der Waals surface area contributed by atoms with E-state index in [0.717, 1.165) is 94.7 Å². The Kier molecular flexibility index (Phi) is 16.3. The summed E-state index contributed by atoms with van der Waals surface area (Å²) >= 11 is 1.58. The summed E-state index contributed by atoms with van der Waals surface area (Å²) in [5.41, 5.74) is 8.02. The van der Waals surface area contributed by atoms with Crippen LogP contribution < -0.4 is 21.3 Å². The van der Waals surface area contributed by atoms with Gasteiger partial charge in [0.2, 0.25) is 23.6 Å². The summed E-state index contributed by atoms with van der Waals surface area (Å²) in [6.07, 6.45) is 6.57. The van der Waals surface area contributed by atoms with Crippen LogP contribution in [-0.4, -0.2) is 114 Å². The van der Waals surface area contributed by atoms with Crippen LogP contribution in [0.1, 0.15) is 106 Å². The first kappa shape index (κ1) is 50.9. The Morgan fingerprint density at radius 1 is 0.930 bits per heavy atom. The zero-order valence-electron chi connectivity index (χ0n) is 41.4. The van der Waals surface area contributed by atoms with E-state index in [1.807, 2.05) is 94.9 Å². The second kappa shape index (κ2) is 22.7. The molecule has 2 aliphatic rings. The maximum Gasteiger partial charge on any atom is 0.255 e. The van der Waals surface area contributed by atoms with Crippen LogP contribution in [-0.2, 0) is 39.3 Å². The van der Waals surface area contributed by atoms with Crippen molar-refractivity contribution in [1.29, 1.82) is 0 Å². The highest BCUT2D eigenvalue weighted by atomic mass is 32.1. The minimum Gasteiger partial charge on any atom is -0.391 e. The number of aliphatic hydroxyl groups is 1. The van der Waals surface area contributed by atoms with E-state index in [9.17, 15) is 29.1 Å². The fourth-order valence-corrected chi connectivity index (χ4v) is 10.5. The van der Waals surface area contributed by atoms with Gasteiger partial charge in [-0.05, 0) is 98.0 Å². The molecule has 376 valence electrons. The van der Waals surface area contributed by atoms with Gasteiger partial charge >= 0.3 is 0 Å². The predicted molar refractivity (Wildman–Crippen MR) is 275 cm³/mol. The molecule has 5 amide bonds. The van der Waals surface area contributed by atoms with Gasteiger partial charge in [0.05, 0.1) is 51.5 Å². The summed E-state index contributed by atoms with van der Waals surface area (Å²) in [6, 6.07) is 17.4. The van der Waals surface area contributed by atoms with Gasteiger partial charge in [0.1, 0.15) is 17.9 Å². The van der Waals surface area contributed by atoms with Crippen molar-refractivity contribution in [1.82, 2.24) is 50.5 Å². The zero-order valence-corrected chi connectivity index (χ0v) is 42.2. The van der Waals surface area contributed by atoms with Crippen molar-refractivity contribution in [2.45, 2.75) is 117 Å². The molecule has 4 atom stereocenters. The first-order valence-electron chi connectivity index (χ1n) is 24.8. The molecule has 8 rings (SSSR count). The lowest BCUT2D eigenvalue weighted by molar-refractivity contribution is -0.144. The Morgan fingerprint density at radius 2 is 1.70 bits per heavy atom. The van der Waals surface area contributed by atoms with E-state index in [4.69, 9.17) is 4.98 Å². The lowest BCUT2D eigenvalue weighted by atomic mass is 9.85. The normalized spacial score (nSPS) is 17.7. The summed E-state index contributed by atoms with van der Waals surface area (Å²) in [4.78, 5) is 83.8. The number of fused-ring (bicyclic) bond motifs is 2. The highest BCUT2D eigenvalue weighted by Gasteiger charge is 2.44. The standard InChI is InChI=1S/C53H67N11O6S/c1-33-48(71-32-56-33)36-14-12-34(13-15-36)27-55-51(69)44-26-40(65)30-64(44)52(70)49(53(2,3)4)61-47(67)11-9-7-6-8-10-46(66)54-22-20-35-21-23-63(29-35)31-45-59-41-18-17-39(25-42(41)60-45)58-50(68)37-16-19-43-38(24-37)28-57-62(43)5/h12-19,24-25,28,32,35,40,44,49,65H,6-11,20-23,26-27,29-31H2,1-5H3,(H,54,66)(H,55,69)(H,58,68)(H,59,60)(H,61,67)/t35?,40-,44+,49-/m1/s1. The second-order valence-corrected chi connectivity index (χ2v) is 21.2. The number of aliphatic hydroxyl groups excluding tert-OH is 1. The summed E-state index contributed by atoms with van der Waals surface area (Å²) in [5.74, 6) is 0.217. The Bertz CT molecular complexity index is 2850. The minimum absolute atomic E-state index is 0.0138. The maximum absolute atomic E-state index is 14.0. The zero-order chi connectivity index (χ0) is 50.2. The highest BCUT2D eigenvalue weighted by molar-refractivity contribution is 7.13. The summed E-state index contributed by atoms with van der Waals surface area (Å²) < 4.78 is 1.78. The van der Waals surface area contributed by atoms with Gasteiger partial charge in [-0.1, -0.05) is 57.9 Å². The number of carbonyl (C=O) groups is 5. The molecule has 0 radical (unpaired) electrons. The van der Waals surface area contributed by atoms with Crippen molar-refractivity contribution in [2.75, 3.05) is 31.5 Å². The van der Waals surface area contributed by atoms with Crippen molar-refractivity contribution in [3.8, 4) is 10.4 Å². The van der Waals surface area contributed by atoms with Crippen LogP contribution in [0.25, 0.3) is 32.4 Å². The molecule has 0 aliphatic carbocycles. The number of hydrogen-bond donors (Lipinski definition) is 6. The summed E-state index contributed by atoms with van der Waals surface area (Å²) in [6.45, 7) is 11.1. The number of thiazole rings is 1. The van der Waals surface area contributed by atoms with E-state index >= 15 is 0 Å². The number of hydrogen-bond acceptors (Lipinski definition) is 11. The third-order valence-corrected chi connectivity index (χ3v) is 14.7. The number of nitrogens with zero attached hydrogens (tertiary/aromatic N) is 6. The van der Waals surface area contributed by atoms with E-state index in [1.165, 1.54) is 4.90 Å². The first-order chi connectivity index (χ1) is 34.1. The third-order valence-electron chi connectivity index (χ3n) is 13.7. The van der Waals surface area contributed by atoms with Gasteiger partial charge in [-0.2, -0.15) is 5.10 Å². The van der Waals surface area contributed by atoms with Crippen molar-refractivity contribution in [3.63, 3.8) is 0 Å². The number of nitrogens with one attached hydrogen (secondary N) is 5. The third kappa shape index (κ3) is 13.1. The SMILES string of the molecule is Cc1ncsc1-c1ccc(CNC(=O)[C@@H]2C[C@@H](O)CN2C(=O)[C@@H](NC(=O)CCCCCCC(=O)NCCC2CCN(Cc3nc4ccc(NC(=O)c5ccc6c(cnn6C)c5)cc4[nH]3)C2)C(C)(C)C)cc1. The van der Waals surface area contributed by atoms with Crippen LogP contribution in [0.3, 0.4) is 0 Å². The quantitative estimate of drug-likeness (QED) is 0.0450. The Morgan fingerprint density at radius 3 is 2.45 bits per heavy atom. The molecule has 3 aromatic heterocycles. The number of anilines is 1. The van der Waals surface area contributed by atoms with Gasteiger partial charge in [0.15, 0.2) is 0 Å². The Labute approximate surface area is 418 Å². The lowest BCUT2D eigenvalue weighted by Crippen LogP contribution is -2.57. The number of amides is 5. The van der Waals surface area contributed by atoms with Crippen molar-refractivity contribution >= 4 is 68.5 Å². The molecule has 0 bridgehead atoms. The van der Waals surface area contributed by atoms with Gasteiger partial charge in [-0.25, -0.2) is 9.97 Å². The number of imidazole rings is 1. The Hall–Kier alpha value is -6.50. The monoisotopic (exact) mass is 985 g/mol. The van der Waals surface area contributed by atoms with Crippen molar-refractivity contribution in [2.24, 2.45) is 18.4 Å². The van der Waals surface area contributed by atoms with Crippen LogP contribution in [0.15, 0.2) is 72.4 Å². The number of aryl methyl sites for hydroxylation is 2. The maximum atomic E-state index is 14.0. The van der Waals surface area contributed by atoms with Crippen LogP contribution in [0.2, 0.25) is 0 Å². The van der Waals surface area contributed by atoms with Gasteiger partial charge < -0.3 is 36.3 Å². The molecule has 6 aromatic rings. The van der Waals surface area contributed by atoms with E-state index in [-0.39, 0.29) is 55.5 Å². The highest BCUT2D eigenvalue weighted by Crippen LogP contribution is 2.29. The minimum atomic E-state index is -0.885. The largest absolute Gasteiger partial charge is 0.391 e. The van der Waals surface area contributed by atoms with Crippen LogP contribution in [0.5, 0.6) is 0 Å². The average molecular weight is 986 g/mol. The number of H-pyrrole nitrogens is 1. The van der Waals surface area contributed by atoms with E-state index in [1.54, 1.807) is 28.3 Å². The molecule has 0 spiro atoms. The molecule has 2 fully saturated rings. The number of unbranched alkanes of at least 4 members (excludes halogenated alkanes) is 3. The molecule has 0 saturated carbocycles. The van der Waals surface area contributed by atoms with Crippen molar-refractivity contribution in [3.05, 3.63) is 95.0 Å². The van der Waals surface area contributed by atoms with Gasteiger partial charge in [-0.15, -0.1) is 11.3 Å². The van der Waals surface area contributed by atoms with E-state index < -0.39 is 23.6 Å². The number of aromatic amines is 1. The molecule has 71 heavy (non-hydrogen) atoms. The predicted octanol–water partition coefficient (Wildman–Crippen LogP) is 6.61. The molecule has 3 aromatic carbocycles. The number of aromatic nitrogens is 5. The fraction of sp³-hybridized carbons (Fsp3) is 0.472. The smallest absolute Gasteiger partial charge is 0.255 e. The molecule has 2 aliphatic heterocycles. The van der Waals surface area contributed by atoms with Gasteiger partial charge in [0.25, 0.3) is 5.91 Å². The van der Waals surface area contributed by atoms with Gasteiger partial charge in [0, 0.05) is 69.1 Å². The van der Waals surface area contributed by atoms with Crippen molar-refractivity contribution < 1.29 is 29.1 Å². The fourth-order valence-electron chi connectivity index (χ4n) is 9.67. The molecule has 5 heterocycles. The molecule has 17 nitrogen and oxygen atoms in total.